The molecule has 2 aliphatic rings. The van der Waals surface area contributed by atoms with Gasteiger partial charge in [0.2, 0.25) is 5.91 Å². The number of piperidine rings is 1. The van der Waals surface area contributed by atoms with E-state index >= 15 is 0 Å². The molecule has 6 heteroatoms. The third kappa shape index (κ3) is 3.41. The average molecular weight is 338 g/mol. The monoisotopic (exact) mass is 338 g/mol. The number of amides is 1. The van der Waals surface area contributed by atoms with Gasteiger partial charge in [0, 0.05) is 50.2 Å². The summed E-state index contributed by atoms with van der Waals surface area (Å²) in [6.07, 6.45) is 4.91. The summed E-state index contributed by atoms with van der Waals surface area (Å²) in [4.78, 5) is 25.0. The molecule has 4 rings (SSSR count). The lowest BCUT2D eigenvalue weighted by atomic mass is 9.99. The topological polar surface area (TPSA) is 58.6 Å². The molecular weight excluding hydrogens is 316 g/mol. The molecule has 0 N–H and O–H groups in total. The van der Waals surface area contributed by atoms with Crippen molar-refractivity contribution in [1.82, 2.24) is 19.8 Å². The fourth-order valence-electron chi connectivity index (χ4n) is 3.58. The number of fused-ring (bicyclic) bond motifs is 1. The van der Waals surface area contributed by atoms with Crippen LogP contribution in [0.5, 0.6) is 0 Å². The Morgan fingerprint density at radius 2 is 1.96 bits per heavy atom. The number of likely N-dealkylation sites (N-methyl/N-ethyl adjacent to an activating group) is 1. The van der Waals surface area contributed by atoms with Crippen molar-refractivity contribution in [2.75, 3.05) is 26.7 Å². The maximum Gasteiger partial charge on any atom is 0.248 e. The standard InChI is InChI=1S/C19H22N4O2/c1-22-16-12-23(8-7-17(16)25-13-18(22)24)11-14-9-20-19(21-10-14)15-5-3-2-4-6-15/h2-6,9-10,16-17H,7-8,11-13H2,1H3/t16-,17-/m0/s1. The van der Waals surface area contributed by atoms with Gasteiger partial charge in [-0.2, -0.15) is 0 Å². The summed E-state index contributed by atoms with van der Waals surface area (Å²) >= 11 is 0. The molecule has 0 spiro atoms. The van der Waals surface area contributed by atoms with Crippen LogP contribution in [0.3, 0.4) is 0 Å². The van der Waals surface area contributed by atoms with E-state index in [0.717, 1.165) is 43.0 Å². The van der Waals surface area contributed by atoms with E-state index < -0.39 is 0 Å². The summed E-state index contributed by atoms with van der Waals surface area (Å²) < 4.78 is 5.69. The molecule has 2 fully saturated rings. The molecule has 0 radical (unpaired) electrons. The van der Waals surface area contributed by atoms with Crippen LogP contribution in [0, 0.1) is 0 Å². The van der Waals surface area contributed by atoms with Gasteiger partial charge in [-0.15, -0.1) is 0 Å². The van der Waals surface area contributed by atoms with Crippen LogP contribution >= 0.6 is 0 Å². The number of rotatable bonds is 3. The highest BCUT2D eigenvalue weighted by atomic mass is 16.5. The summed E-state index contributed by atoms with van der Waals surface area (Å²) in [5.74, 6) is 0.813. The molecule has 3 heterocycles. The number of carbonyl (C=O) groups excluding carboxylic acids is 1. The van der Waals surface area contributed by atoms with Crippen molar-refractivity contribution < 1.29 is 9.53 Å². The van der Waals surface area contributed by atoms with Gasteiger partial charge in [-0.25, -0.2) is 9.97 Å². The molecule has 0 aliphatic carbocycles. The highest BCUT2D eigenvalue weighted by Crippen LogP contribution is 2.23. The van der Waals surface area contributed by atoms with Crippen molar-refractivity contribution in [3.05, 3.63) is 48.3 Å². The predicted molar refractivity (Wildman–Crippen MR) is 93.7 cm³/mol. The van der Waals surface area contributed by atoms with Crippen LogP contribution in [0.25, 0.3) is 11.4 Å². The lowest BCUT2D eigenvalue weighted by Crippen LogP contribution is -2.60. The predicted octanol–water partition coefficient (Wildman–Crippen LogP) is 1.58. The van der Waals surface area contributed by atoms with Crippen LogP contribution in [0.15, 0.2) is 42.7 Å². The molecule has 1 amide bonds. The Balaban J connectivity index is 1.41. The second-order valence-electron chi connectivity index (χ2n) is 6.73. The Morgan fingerprint density at radius 1 is 1.20 bits per heavy atom. The highest BCUT2D eigenvalue weighted by molar-refractivity contribution is 5.78. The molecule has 0 bridgehead atoms. The number of hydrogen-bond acceptors (Lipinski definition) is 5. The van der Waals surface area contributed by atoms with Gasteiger partial charge >= 0.3 is 0 Å². The third-order valence-corrected chi connectivity index (χ3v) is 5.06. The van der Waals surface area contributed by atoms with Crippen LogP contribution in [-0.2, 0) is 16.1 Å². The SMILES string of the molecule is CN1C(=O)CO[C@H]2CCN(Cc3cnc(-c4ccccc4)nc3)C[C@@H]21. The van der Waals surface area contributed by atoms with E-state index in [2.05, 4.69) is 14.9 Å². The zero-order chi connectivity index (χ0) is 17.2. The number of ether oxygens (including phenoxy) is 1. The van der Waals surface area contributed by atoms with Gasteiger partial charge in [0.15, 0.2) is 5.82 Å². The number of benzene rings is 1. The maximum absolute atomic E-state index is 11.8. The molecule has 130 valence electrons. The molecule has 0 saturated carbocycles. The van der Waals surface area contributed by atoms with Crippen LogP contribution in [0.1, 0.15) is 12.0 Å². The molecule has 0 unspecified atom stereocenters. The maximum atomic E-state index is 11.8. The number of morpholine rings is 1. The molecule has 1 aromatic heterocycles. The van der Waals surface area contributed by atoms with Crippen molar-refractivity contribution in [2.45, 2.75) is 25.1 Å². The summed E-state index contributed by atoms with van der Waals surface area (Å²) in [5, 5.41) is 0. The zero-order valence-electron chi connectivity index (χ0n) is 14.3. The molecule has 2 saturated heterocycles. The molecule has 25 heavy (non-hydrogen) atoms. The Kier molecular flexibility index (Phi) is 4.46. The molecule has 2 aromatic rings. The van der Waals surface area contributed by atoms with Gasteiger partial charge in [0.05, 0.1) is 12.1 Å². The van der Waals surface area contributed by atoms with Gasteiger partial charge in [-0.05, 0) is 6.42 Å². The smallest absolute Gasteiger partial charge is 0.248 e. The van der Waals surface area contributed by atoms with Crippen molar-refractivity contribution in [3.63, 3.8) is 0 Å². The fraction of sp³-hybridized carbons (Fsp3) is 0.421. The Morgan fingerprint density at radius 3 is 2.72 bits per heavy atom. The van der Waals surface area contributed by atoms with Gasteiger partial charge in [-0.3, -0.25) is 9.69 Å². The van der Waals surface area contributed by atoms with E-state index in [-0.39, 0.29) is 24.7 Å². The number of likely N-dealkylation sites (tertiary alicyclic amines) is 1. The first-order valence-corrected chi connectivity index (χ1v) is 8.66. The minimum absolute atomic E-state index is 0.0682. The Bertz CT molecular complexity index is 735. The first-order chi connectivity index (χ1) is 12.2. The van der Waals surface area contributed by atoms with Crippen LogP contribution < -0.4 is 0 Å². The first kappa shape index (κ1) is 16.2. The molecule has 2 aliphatic heterocycles. The largest absolute Gasteiger partial charge is 0.366 e. The zero-order valence-corrected chi connectivity index (χ0v) is 14.3. The van der Waals surface area contributed by atoms with Gasteiger partial charge in [0.25, 0.3) is 0 Å². The van der Waals surface area contributed by atoms with Gasteiger partial charge < -0.3 is 9.64 Å². The number of nitrogens with zero attached hydrogens (tertiary/aromatic N) is 4. The third-order valence-electron chi connectivity index (χ3n) is 5.06. The number of hydrogen-bond donors (Lipinski definition) is 0. The van der Waals surface area contributed by atoms with E-state index in [1.165, 1.54) is 0 Å². The number of carbonyl (C=O) groups is 1. The summed E-state index contributed by atoms with van der Waals surface area (Å²) in [6, 6.07) is 10.1. The lowest BCUT2D eigenvalue weighted by Gasteiger charge is -2.45. The Hall–Kier alpha value is -2.31. The average Bonchev–Trinajstić information content (AvgIpc) is 2.66. The molecular formula is C19H22N4O2. The molecule has 2 atom stereocenters. The minimum Gasteiger partial charge on any atom is -0.366 e. The minimum atomic E-state index is 0.0682. The van der Waals surface area contributed by atoms with Crippen molar-refractivity contribution in [3.8, 4) is 11.4 Å². The summed E-state index contributed by atoms with van der Waals surface area (Å²) in [5.41, 5.74) is 2.11. The summed E-state index contributed by atoms with van der Waals surface area (Å²) in [7, 11) is 1.88. The van der Waals surface area contributed by atoms with E-state index in [1.807, 2.05) is 54.7 Å². The van der Waals surface area contributed by atoms with Crippen molar-refractivity contribution in [2.24, 2.45) is 0 Å². The van der Waals surface area contributed by atoms with Crippen LogP contribution in [0.2, 0.25) is 0 Å². The van der Waals surface area contributed by atoms with Crippen molar-refractivity contribution in [1.29, 1.82) is 0 Å². The van der Waals surface area contributed by atoms with Crippen molar-refractivity contribution >= 4 is 5.91 Å². The van der Waals surface area contributed by atoms with E-state index in [4.69, 9.17) is 4.74 Å². The summed E-state index contributed by atoms with van der Waals surface area (Å²) in [6.45, 7) is 2.80. The van der Waals surface area contributed by atoms with E-state index in [1.54, 1.807) is 0 Å². The van der Waals surface area contributed by atoms with Crippen LogP contribution in [0.4, 0.5) is 0 Å². The first-order valence-electron chi connectivity index (χ1n) is 8.66. The second kappa shape index (κ2) is 6.90. The quantitative estimate of drug-likeness (QED) is 0.850. The van der Waals surface area contributed by atoms with E-state index in [9.17, 15) is 4.79 Å². The van der Waals surface area contributed by atoms with Crippen LogP contribution in [-0.4, -0.2) is 64.6 Å². The number of aromatic nitrogens is 2. The molecule has 1 aromatic carbocycles. The normalized spacial score (nSPS) is 24.2. The Labute approximate surface area is 147 Å². The lowest BCUT2D eigenvalue weighted by molar-refractivity contribution is -0.160. The van der Waals surface area contributed by atoms with Gasteiger partial charge in [0.1, 0.15) is 6.61 Å². The fourth-order valence-corrected chi connectivity index (χ4v) is 3.58. The van der Waals surface area contributed by atoms with E-state index in [0.29, 0.717) is 0 Å². The molecule has 6 nitrogen and oxygen atoms in total. The van der Waals surface area contributed by atoms with Gasteiger partial charge in [-0.1, -0.05) is 30.3 Å². The highest BCUT2D eigenvalue weighted by Gasteiger charge is 2.38. The second-order valence-corrected chi connectivity index (χ2v) is 6.73.